The van der Waals surface area contributed by atoms with Gasteiger partial charge in [0.25, 0.3) is 0 Å². The number of fused-ring (bicyclic) bond motifs is 1. The van der Waals surface area contributed by atoms with Crippen molar-refractivity contribution in [3.05, 3.63) is 29.8 Å². The number of β-lactam (4-membered cyclic amide) rings is 1. The number of hydrogen-bond donors (Lipinski definition) is 3. The SMILES string of the molecule is CC(C)N1CN([C@H](C(=O)N[C@H]2C(=O)N3[C@@H]2SC(C)(C)[C@H]3C(=O)O)c2ccc(O)cc2)CSC1=S. The van der Waals surface area contributed by atoms with Crippen molar-refractivity contribution in [3.8, 4) is 5.75 Å². The van der Waals surface area contributed by atoms with Crippen LogP contribution in [0.4, 0.5) is 0 Å². The number of nitrogens with one attached hydrogen (secondary N) is 1. The highest BCUT2D eigenvalue weighted by molar-refractivity contribution is 8.22. The summed E-state index contributed by atoms with van der Waals surface area (Å²) in [6.07, 6.45) is 0. The van der Waals surface area contributed by atoms with Gasteiger partial charge in [-0.1, -0.05) is 36.1 Å². The zero-order chi connectivity index (χ0) is 24.9. The number of carboxylic acids is 1. The lowest BCUT2D eigenvalue weighted by Crippen LogP contribution is -2.71. The Morgan fingerprint density at radius 3 is 2.47 bits per heavy atom. The van der Waals surface area contributed by atoms with Gasteiger partial charge in [-0.15, -0.1) is 11.8 Å². The largest absolute Gasteiger partial charge is 0.508 e. The number of benzene rings is 1. The van der Waals surface area contributed by atoms with Crippen LogP contribution in [-0.4, -0.2) is 87.8 Å². The minimum Gasteiger partial charge on any atom is -0.508 e. The van der Waals surface area contributed by atoms with Gasteiger partial charge in [-0.2, -0.15) is 0 Å². The molecular formula is C22H28N4O5S3. The number of aromatic hydroxyl groups is 1. The van der Waals surface area contributed by atoms with Gasteiger partial charge in [0.15, 0.2) is 0 Å². The third kappa shape index (κ3) is 4.36. The van der Waals surface area contributed by atoms with Crippen LogP contribution >= 0.6 is 35.7 Å². The lowest BCUT2D eigenvalue weighted by molar-refractivity contribution is -0.161. The molecule has 0 saturated carbocycles. The van der Waals surface area contributed by atoms with Crippen molar-refractivity contribution in [1.29, 1.82) is 0 Å². The van der Waals surface area contributed by atoms with Crippen LogP contribution in [0.25, 0.3) is 0 Å². The molecule has 0 radical (unpaired) electrons. The van der Waals surface area contributed by atoms with Crippen LogP contribution in [0, 0.1) is 0 Å². The van der Waals surface area contributed by atoms with Crippen LogP contribution in [0.3, 0.4) is 0 Å². The number of carboxylic acid groups (broad SMARTS) is 1. The summed E-state index contributed by atoms with van der Waals surface area (Å²) in [6.45, 7) is 8.11. The number of thioether (sulfide) groups is 2. The summed E-state index contributed by atoms with van der Waals surface area (Å²) in [7, 11) is 0. The Balaban J connectivity index is 1.57. The molecule has 9 nitrogen and oxygen atoms in total. The van der Waals surface area contributed by atoms with Gasteiger partial charge >= 0.3 is 5.97 Å². The summed E-state index contributed by atoms with van der Waals surface area (Å²) in [5.41, 5.74) is 0.680. The van der Waals surface area contributed by atoms with Crippen LogP contribution < -0.4 is 5.32 Å². The molecule has 3 heterocycles. The molecule has 1 aromatic carbocycles. The molecule has 4 rings (SSSR count). The molecule has 0 spiro atoms. The van der Waals surface area contributed by atoms with Gasteiger partial charge in [0.05, 0.1) is 12.5 Å². The van der Waals surface area contributed by atoms with Gasteiger partial charge in [-0.25, -0.2) is 4.79 Å². The van der Waals surface area contributed by atoms with Gasteiger partial charge < -0.3 is 25.3 Å². The Labute approximate surface area is 212 Å². The molecule has 3 aliphatic rings. The first-order valence-electron chi connectivity index (χ1n) is 10.9. The molecule has 184 valence electrons. The van der Waals surface area contributed by atoms with Gasteiger partial charge in [-0.05, 0) is 45.4 Å². The molecule has 12 heteroatoms. The molecule has 4 atom stereocenters. The van der Waals surface area contributed by atoms with Crippen molar-refractivity contribution >= 4 is 57.8 Å². The first-order valence-corrected chi connectivity index (χ1v) is 13.2. The highest BCUT2D eigenvalue weighted by atomic mass is 32.2. The predicted octanol–water partition coefficient (Wildman–Crippen LogP) is 2.02. The summed E-state index contributed by atoms with van der Waals surface area (Å²) in [5, 5.41) is 21.8. The molecular weight excluding hydrogens is 496 g/mol. The maximum absolute atomic E-state index is 13.6. The number of thiocarbonyl (C=S) groups is 1. The maximum Gasteiger partial charge on any atom is 0.327 e. The predicted molar refractivity (Wildman–Crippen MR) is 135 cm³/mol. The second-order valence-corrected chi connectivity index (χ2v) is 12.8. The monoisotopic (exact) mass is 524 g/mol. The lowest BCUT2D eigenvalue weighted by Gasteiger charge is -2.45. The van der Waals surface area contributed by atoms with Crippen molar-refractivity contribution in [3.63, 3.8) is 0 Å². The molecule has 3 aliphatic heterocycles. The van der Waals surface area contributed by atoms with Crippen LogP contribution in [0.15, 0.2) is 24.3 Å². The number of carbonyl (C=O) groups excluding carboxylic acids is 2. The summed E-state index contributed by atoms with van der Waals surface area (Å²) in [4.78, 5) is 43.7. The van der Waals surface area contributed by atoms with Gasteiger partial charge in [0, 0.05) is 10.8 Å². The molecule has 0 bridgehead atoms. The molecule has 3 N–H and O–H groups in total. The summed E-state index contributed by atoms with van der Waals surface area (Å²) < 4.78 is 0.101. The normalized spacial score (nSPS) is 27.4. The van der Waals surface area contributed by atoms with Gasteiger partial charge in [0.2, 0.25) is 11.8 Å². The molecule has 0 aliphatic carbocycles. The van der Waals surface area contributed by atoms with E-state index in [0.717, 1.165) is 4.32 Å². The molecule has 3 saturated heterocycles. The van der Waals surface area contributed by atoms with E-state index in [4.69, 9.17) is 12.2 Å². The van der Waals surface area contributed by atoms with E-state index in [1.807, 2.05) is 23.6 Å². The van der Waals surface area contributed by atoms with E-state index >= 15 is 0 Å². The minimum absolute atomic E-state index is 0.0926. The zero-order valence-corrected chi connectivity index (χ0v) is 21.7. The molecule has 1 aromatic rings. The number of rotatable bonds is 6. The number of aliphatic carboxylic acids is 1. The van der Waals surface area contributed by atoms with Crippen LogP contribution in [0.5, 0.6) is 5.75 Å². The average Bonchev–Trinajstić information content (AvgIpc) is 3.02. The minimum atomic E-state index is -1.05. The average molecular weight is 525 g/mol. The summed E-state index contributed by atoms with van der Waals surface area (Å²) in [6, 6.07) is 4.16. The fourth-order valence-electron chi connectivity index (χ4n) is 4.61. The van der Waals surface area contributed by atoms with E-state index in [-0.39, 0.29) is 23.6 Å². The van der Waals surface area contributed by atoms with E-state index in [1.54, 1.807) is 26.0 Å². The number of amides is 2. The Hall–Kier alpha value is -2.02. The number of carbonyl (C=O) groups is 3. The lowest BCUT2D eigenvalue weighted by atomic mass is 9.95. The second kappa shape index (κ2) is 9.21. The number of hydrogen-bond acceptors (Lipinski definition) is 8. The Morgan fingerprint density at radius 1 is 1.24 bits per heavy atom. The van der Waals surface area contributed by atoms with Crippen LogP contribution in [0.1, 0.15) is 39.3 Å². The first kappa shape index (κ1) is 25.1. The number of phenols is 1. The van der Waals surface area contributed by atoms with Crippen molar-refractivity contribution in [2.24, 2.45) is 0 Å². The highest BCUT2D eigenvalue weighted by Crippen LogP contribution is 2.51. The first-order chi connectivity index (χ1) is 15.9. The molecule has 0 aromatic heterocycles. The molecule has 2 amide bonds. The van der Waals surface area contributed by atoms with Gasteiger partial charge in [0.1, 0.15) is 33.6 Å². The van der Waals surface area contributed by atoms with E-state index in [1.165, 1.54) is 40.6 Å². The highest BCUT2D eigenvalue weighted by Gasteiger charge is 2.64. The fourth-order valence-corrected chi connectivity index (χ4v) is 7.60. The van der Waals surface area contributed by atoms with Crippen LogP contribution in [-0.2, 0) is 14.4 Å². The molecule has 3 fully saturated rings. The van der Waals surface area contributed by atoms with Crippen molar-refractivity contribution in [1.82, 2.24) is 20.0 Å². The van der Waals surface area contributed by atoms with E-state index in [0.29, 0.717) is 18.1 Å². The standard InChI is InChI=1S/C22H28N4O5S3/c1-11(2)25-9-24(10-33-21(25)32)15(12-5-7-13(27)8-6-12)17(28)23-14-18(29)26-16(20(30)31)22(3,4)34-19(14)26/h5-8,11,14-16,19,27H,9-10H2,1-4H3,(H,23,28)(H,30,31)/t14-,15-,16+,19+/m0/s1. The van der Waals surface area contributed by atoms with Crippen molar-refractivity contribution in [2.45, 2.75) is 62.0 Å². The zero-order valence-electron chi connectivity index (χ0n) is 19.3. The topological polar surface area (TPSA) is 113 Å². The second-order valence-electron chi connectivity index (χ2n) is 9.41. The Kier molecular flexibility index (Phi) is 6.80. The summed E-state index contributed by atoms with van der Waals surface area (Å²) >= 11 is 8.35. The number of phenolic OH excluding ortho intramolecular Hbond substituents is 1. The number of nitrogens with zero attached hydrogens (tertiary/aromatic N) is 3. The molecule has 34 heavy (non-hydrogen) atoms. The Bertz CT molecular complexity index is 1020. The van der Waals surface area contributed by atoms with E-state index in [9.17, 15) is 24.6 Å². The Morgan fingerprint density at radius 2 is 1.88 bits per heavy atom. The maximum atomic E-state index is 13.6. The van der Waals surface area contributed by atoms with Crippen molar-refractivity contribution < 1.29 is 24.6 Å². The third-order valence-electron chi connectivity index (χ3n) is 6.34. The van der Waals surface area contributed by atoms with Crippen molar-refractivity contribution in [2.75, 3.05) is 12.5 Å². The van der Waals surface area contributed by atoms with Gasteiger partial charge in [-0.3, -0.25) is 14.5 Å². The fraction of sp³-hybridized carbons (Fsp3) is 0.545. The quantitative estimate of drug-likeness (QED) is 0.377. The van der Waals surface area contributed by atoms with E-state index < -0.39 is 34.2 Å². The summed E-state index contributed by atoms with van der Waals surface area (Å²) in [5.74, 6) is -1.19. The van der Waals surface area contributed by atoms with Crippen LogP contribution in [0.2, 0.25) is 0 Å². The van der Waals surface area contributed by atoms with E-state index in [2.05, 4.69) is 5.32 Å². The smallest absolute Gasteiger partial charge is 0.327 e. The third-order valence-corrected chi connectivity index (χ3v) is 9.44. The molecule has 0 unspecified atom stereocenters.